The molecule has 15 heavy (non-hydrogen) atoms. The molecule has 1 fully saturated rings. The summed E-state index contributed by atoms with van der Waals surface area (Å²) in [6, 6.07) is 8.32. The molecule has 2 N–H and O–H groups in total. The van der Waals surface area contributed by atoms with E-state index in [1.54, 1.807) is 0 Å². The smallest absolute Gasteiger partial charge is 0.135 e. The maximum atomic E-state index is 9.19. The van der Waals surface area contributed by atoms with Gasteiger partial charge < -0.3 is 9.84 Å². The Hall–Kier alpha value is -0.900. The van der Waals surface area contributed by atoms with Crippen LogP contribution in [0.25, 0.3) is 0 Å². The first-order chi connectivity index (χ1) is 7.33. The van der Waals surface area contributed by atoms with Gasteiger partial charge in [-0.2, -0.15) is 0 Å². The van der Waals surface area contributed by atoms with Crippen molar-refractivity contribution in [1.29, 1.82) is 0 Å². The minimum atomic E-state index is -0.147. The van der Waals surface area contributed by atoms with E-state index in [-0.39, 0.29) is 18.4 Å². The summed E-state index contributed by atoms with van der Waals surface area (Å²) in [4.78, 5) is 0. The van der Waals surface area contributed by atoms with E-state index < -0.39 is 0 Å². The van der Waals surface area contributed by atoms with E-state index in [4.69, 9.17) is 4.74 Å². The third-order valence-corrected chi connectivity index (χ3v) is 3.21. The largest absolute Gasteiger partial charge is 0.393 e. The molecule has 1 unspecified atom stereocenters. The molecule has 3 heteroatoms. The molecule has 3 nitrogen and oxygen atoms in total. The molecule has 0 spiro atoms. The molecule has 1 saturated carbocycles. The Kier molecular flexibility index (Phi) is 2.24. The Morgan fingerprint density at radius 3 is 2.87 bits per heavy atom. The first-order valence-electron chi connectivity index (χ1n) is 5.47. The normalized spacial score (nSPS) is 33.5. The number of aliphatic hydroxyl groups excluding tert-OH is 1. The number of fused-ring (bicyclic) bond motifs is 1. The average Bonchev–Trinajstić information content (AvgIpc) is 2.60. The van der Waals surface area contributed by atoms with Gasteiger partial charge in [-0.1, -0.05) is 24.3 Å². The Bertz CT molecular complexity index is 360. The molecule has 1 heterocycles. The Morgan fingerprint density at radius 1 is 1.27 bits per heavy atom. The summed E-state index contributed by atoms with van der Waals surface area (Å²) in [5, 5.41) is 12.5. The van der Waals surface area contributed by atoms with Crippen LogP contribution in [0.15, 0.2) is 24.3 Å². The van der Waals surface area contributed by atoms with Crippen LogP contribution in [0.3, 0.4) is 0 Å². The molecule has 3 rings (SSSR count). The van der Waals surface area contributed by atoms with Gasteiger partial charge in [0.25, 0.3) is 0 Å². The SMILES string of the molecule is OC1CC(OC2NCc3ccccc32)C1. The summed E-state index contributed by atoms with van der Waals surface area (Å²) in [5.41, 5.74) is 2.57. The van der Waals surface area contributed by atoms with Gasteiger partial charge in [-0.15, -0.1) is 0 Å². The molecule has 80 valence electrons. The minimum Gasteiger partial charge on any atom is -0.393 e. The van der Waals surface area contributed by atoms with Crippen molar-refractivity contribution >= 4 is 0 Å². The van der Waals surface area contributed by atoms with Crippen LogP contribution in [0.2, 0.25) is 0 Å². The van der Waals surface area contributed by atoms with Crippen LogP contribution in [-0.4, -0.2) is 17.3 Å². The molecular weight excluding hydrogens is 190 g/mol. The lowest BCUT2D eigenvalue weighted by molar-refractivity contribution is -0.112. The number of aliphatic hydroxyl groups is 1. The maximum absolute atomic E-state index is 9.19. The third-order valence-electron chi connectivity index (χ3n) is 3.21. The summed E-state index contributed by atoms with van der Waals surface area (Å²) in [6.07, 6.45) is 1.66. The van der Waals surface area contributed by atoms with Crippen LogP contribution in [0.1, 0.15) is 30.2 Å². The van der Waals surface area contributed by atoms with Gasteiger partial charge in [0.2, 0.25) is 0 Å². The quantitative estimate of drug-likeness (QED) is 0.765. The lowest BCUT2D eigenvalue weighted by Gasteiger charge is -2.33. The maximum Gasteiger partial charge on any atom is 0.135 e. The summed E-state index contributed by atoms with van der Waals surface area (Å²) >= 11 is 0. The molecule has 2 aliphatic rings. The van der Waals surface area contributed by atoms with Gasteiger partial charge in [-0.3, -0.25) is 5.32 Å². The molecule has 1 aromatic carbocycles. The van der Waals surface area contributed by atoms with Crippen LogP contribution < -0.4 is 5.32 Å². The molecule has 0 amide bonds. The van der Waals surface area contributed by atoms with Gasteiger partial charge in [0, 0.05) is 6.54 Å². The fourth-order valence-corrected chi connectivity index (χ4v) is 2.23. The van der Waals surface area contributed by atoms with Crippen molar-refractivity contribution in [1.82, 2.24) is 5.32 Å². The lowest BCUT2D eigenvalue weighted by Crippen LogP contribution is -2.37. The zero-order valence-electron chi connectivity index (χ0n) is 8.52. The van der Waals surface area contributed by atoms with Gasteiger partial charge in [0.05, 0.1) is 12.2 Å². The van der Waals surface area contributed by atoms with E-state index in [0.717, 1.165) is 19.4 Å². The van der Waals surface area contributed by atoms with Crippen molar-refractivity contribution in [2.45, 2.75) is 37.8 Å². The van der Waals surface area contributed by atoms with E-state index in [0.29, 0.717) is 0 Å². The predicted molar refractivity (Wildman–Crippen MR) is 56.1 cm³/mol. The van der Waals surface area contributed by atoms with Gasteiger partial charge in [-0.25, -0.2) is 0 Å². The highest BCUT2D eigenvalue weighted by Crippen LogP contribution is 2.32. The number of nitrogens with one attached hydrogen (secondary N) is 1. The van der Waals surface area contributed by atoms with Crippen molar-refractivity contribution in [3.05, 3.63) is 35.4 Å². The molecule has 1 aliphatic carbocycles. The summed E-state index contributed by atoms with van der Waals surface area (Å²) in [7, 11) is 0. The molecule has 0 aromatic heterocycles. The lowest BCUT2D eigenvalue weighted by atomic mass is 9.92. The standard InChI is InChI=1S/C12H15NO2/c14-9-5-10(6-9)15-12-11-4-2-1-3-8(11)7-13-12/h1-4,9-10,12-14H,5-7H2. The van der Waals surface area contributed by atoms with Crippen LogP contribution >= 0.6 is 0 Å². The fourth-order valence-electron chi connectivity index (χ4n) is 2.23. The van der Waals surface area contributed by atoms with E-state index in [9.17, 15) is 5.11 Å². The average molecular weight is 205 g/mol. The second-order valence-electron chi connectivity index (χ2n) is 4.34. The van der Waals surface area contributed by atoms with E-state index in [2.05, 4.69) is 23.5 Å². The molecule has 1 atom stereocenters. The van der Waals surface area contributed by atoms with Crippen LogP contribution in [0.5, 0.6) is 0 Å². The second kappa shape index (κ2) is 3.59. The van der Waals surface area contributed by atoms with Gasteiger partial charge in [0.15, 0.2) is 0 Å². The number of hydrogen-bond acceptors (Lipinski definition) is 3. The van der Waals surface area contributed by atoms with Crippen molar-refractivity contribution in [2.24, 2.45) is 0 Å². The fraction of sp³-hybridized carbons (Fsp3) is 0.500. The van der Waals surface area contributed by atoms with Crippen LogP contribution in [0, 0.1) is 0 Å². The zero-order chi connectivity index (χ0) is 10.3. The number of rotatable bonds is 2. The molecule has 1 aliphatic heterocycles. The molecular formula is C12H15NO2. The minimum absolute atomic E-state index is 0.0266. The Balaban J connectivity index is 1.69. The summed E-state index contributed by atoms with van der Waals surface area (Å²) in [6.45, 7) is 0.885. The van der Waals surface area contributed by atoms with Crippen molar-refractivity contribution in [2.75, 3.05) is 0 Å². The van der Waals surface area contributed by atoms with E-state index in [1.807, 2.05) is 6.07 Å². The summed E-state index contributed by atoms with van der Waals surface area (Å²) < 4.78 is 5.87. The first-order valence-corrected chi connectivity index (χ1v) is 5.47. The van der Waals surface area contributed by atoms with Crippen molar-refractivity contribution < 1.29 is 9.84 Å². The zero-order valence-corrected chi connectivity index (χ0v) is 8.52. The Morgan fingerprint density at radius 2 is 2.07 bits per heavy atom. The highest BCUT2D eigenvalue weighted by atomic mass is 16.5. The predicted octanol–water partition coefficient (Wildman–Crippen LogP) is 1.33. The molecule has 0 radical (unpaired) electrons. The van der Waals surface area contributed by atoms with E-state index >= 15 is 0 Å². The molecule has 1 aromatic rings. The topological polar surface area (TPSA) is 41.5 Å². The molecule has 0 saturated heterocycles. The highest BCUT2D eigenvalue weighted by molar-refractivity contribution is 5.32. The summed E-state index contributed by atoms with van der Waals surface area (Å²) in [5.74, 6) is 0. The third kappa shape index (κ3) is 1.67. The number of hydrogen-bond donors (Lipinski definition) is 2. The van der Waals surface area contributed by atoms with Gasteiger partial charge in [-0.05, 0) is 24.0 Å². The number of ether oxygens (including phenoxy) is 1. The molecule has 0 bridgehead atoms. The van der Waals surface area contributed by atoms with Crippen LogP contribution in [-0.2, 0) is 11.3 Å². The van der Waals surface area contributed by atoms with Crippen LogP contribution in [0.4, 0.5) is 0 Å². The monoisotopic (exact) mass is 205 g/mol. The van der Waals surface area contributed by atoms with Crippen molar-refractivity contribution in [3.63, 3.8) is 0 Å². The van der Waals surface area contributed by atoms with E-state index in [1.165, 1.54) is 11.1 Å². The van der Waals surface area contributed by atoms with Gasteiger partial charge >= 0.3 is 0 Å². The second-order valence-corrected chi connectivity index (χ2v) is 4.34. The highest BCUT2D eigenvalue weighted by Gasteiger charge is 2.32. The first kappa shape index (κ1) is 9.33. The van der Waals surface area contributed by atoms with Crippen molar-refractivity contribution in [3.8, 4) is 0 Å². The Labute approximate surface area is 89.1 Å². The number of benzene rings is 1. The van der Waals surface area contributed by atoms with Gasteiger partial charge in [0.1, 0.15) is 6.23 Å².